The normalized spacial score (nSPS) is 13.7. The smallest absolute Gasteiger partial charge is 0.326 e. The van der Waals surface area contributed by atoms with Gasteiger partial charge in [0.05, 0.1) is 18.8 Å². The van der Waals surface area contributed by atoms with Crippen molar-refractivity contribution in [2.24, 2.45) is 33.7 Å². The molecule has 18 nitrogen and oxygen atoms in total. The molecule has 5 amide bonds. The van der Waals surface area contributed by atoms with E-state index in [1.54, 1.807) is 0 Å². The Labute approximate surface area is 222 Å². The molecule has 0 spiro atoms. The number of carbonyl (C=O) groups excluding carboxylic acids is 5. The van der Waals surface area contributed by atoms with Gasteiger partial charge < -0.3 is 54.7 Å². The third-order valence-electron chi connectivity index (χ3n) is 5.24. The van der Waals surface area contributed by atoms with Crippen LogP contribution in [0.2, 0.25) is 0 Å². The predicted octanol–water partition coefficient (Wildman–Crippen LogP) is -4.99. The number of guanidine groups is 1. The summed E-state index contributed by atoms with van der Waals surface area (Å²) < 4.78 is 0. The van der Waals surface area contributed by atoms with Gasteiger partial charge in [-0.05, 0) is 19.3 Å². The van der Waals surface area contributed by atoms with Crippen molar-refractivity contribution in [2.45, 2.75) is 62.7 Å². The second-order valence-corrected chi connectivity index (χ2v) is 8.53. The van der Waals surface area contributed by atoms with Crippen LogP contribution in [0.3, 0.4) is 0 Å². The van der Waals surface area contributed by atoms with Gasteiger partial charge in [0.2, 0.25) is 29.5 Å². The molecular formula is C21H35N11O7. The molecule has 15 N–H and O–H groups in total. The number of aliphatic imine (C=N–C) groups is 1. The maximum absolute atomic E-state index is 13.1. The van der Waals surface area contributed by atoms with Gasteiger partial charge in [-0.3, -0.25) is 29.0 Å². The molecule has 0 saturated heterocycles. The first kappa shape index (κ1) is 32.3. The Morgan fingerprint density at radius 2 is 1.49 bits per heavy atom. The molecule has 0 aromatic carbocycles. The van der Waals surface area contributed by atoms with E-state index in [0.717, 1.165) is 0 Å². The fourth-order valence-corrected chi connectivity index (χ4v) is 3.28. The zero-order valence-electron chi connectivity index (χ0n) is 21.1. The van der Waals surface area contributed by atoms with Crippen LogP contribution in [-0.2, 0) is 35.2 Å². The van der Waals surface area contributed by atoms with Gasteiger partial charge in [0.15, 0.2) is 5.96 Å². The van der Waals surface area contributed by atoms with E-state index in [-0.39, 0.29) is 44.6 Å². The maximum atomic E-state index is 13.1. The minimum absolute atomic E-state index is 0.0145. The van der Waals surface area contributed by atoms with E-state index >= 15 is 0 Å². The highest BCUT2D eigenvalue weighted by Gasteiger charge is 2.31. The van der Waals surface area contributed by atoms with E-state index in [1.165, 1.54) is 12.5 Å². The Kier molecular flexibility index (Phi) is 13.4. The number of carboxylic acids is 1. The molecule has 4 atom stereocenters. The molecule has 1 heterocycles. The predicted molar refractivity (Wildman–Crippen MR) is 136 cm³/mol. The van der Waals surface area contributed by atoms with Crippen molar-refractivity contribution < 1.29 is 33.9 Å². The van der Waals surface area contributed by atoms with Gasteiger partial charge in [-0.25, -0.2) is 9.78 Å². The highest BCUT2D eigenvalue weighted by molar-refractivity contribution is 5.95. The number of hydrogen-bond acceptors (Lipinski definition) is 9. The molecule has 1 rings (SSSR count). The molecule has 1 aromatic heterocycles. The second kappa shape index (κ2) is 16.2. The fourth-order valence-electron chi connectivity index (χ4n) is 3.28. The van der Waals surface area contributed by atoms with Crippen LogP contribution in [0.5, 0.6) is 0 Å². The lowest BCUT2D eigenvalue weighted by molar-refractivity contribution is -0.142. The molecule has 0 aliphatic rings. The van der Waals surface area contributed by atoms with Crippen molar-refractivity contribution in [3.8, 4) is 0 Å². The first-order chi connectivity index (χ1) is 18.3. The molecule has 1 aromatic rings. The van der Waals surface area contributed by atoms with Gasteiger partial charge >= 0.3 is 5.97 Å². The van der Waals surface area contributed by atoms with Crippen molar-refractivity contribution in [2.75, 3.05) is 6.54 Å². The van der Waals surface area contributed by atoms with Crippen molar-refractivity contribution >= 4 is 41.5 Å². The number of H-pyrrole nitrogens is 1. The summed E-state index contributed by atoms with van der Waals surface area (Å²) in [5.74, 6) is -5.77. The standard InChI is InChI=1S/C21H35N11O7/c22-11(7-16(24)34)17(35)30-12(2-1-5-28-21(25)26)18(36)31-13(3-4-15(23)33)19(37)32-14(20(38)39)6-10-8-27-9-29-10/h8-9,11-14H,1-7,22H2,(H2,23,33)(H2,24,34)(H,27,29)(H,30,35)(H,31,36)(H,32,37)(H,38,39)(H4,25,26,28). The molecule has 0 radical (unpaired) electrons. The molecule has 0 saturated carbocycles. The lowest BCUT2D eigenvalue weighted by Crippen LogP contribution is -2.57. The zero-order chi connectivity index (χ0) is 29.5. The maximum Gasteiger partial charge on any atom is 0.326 e. The number of nitrogens with two attached hydrogens (primary N) is 5. The van der Waals surface area contributed by atoms with Gasteiger partial charge in [0, 0.05) is 31.3 Å². The van der Waals surface area contributed by atoms with Crippen LogP contribution in [0.15, 0.2) is 17.5 Å². The first-order valence-corrected chi connectivity index (χ1v) is 11.8. The Hall–Kier alpha value is -4.74. The zero-order valence-corrected chi connectivity index (χ0v) is 21.1. The number of imidazole rings is 1. The number of aliphatic carboxylic acids is 1. The first-order valence-electron chi connectivity index (χ1n) is 11.8. The summed E-state index contributed by atoms with van der Waals surface area (Å²) in [7, 11) is 0. The molecule has 0 aliphatic heterocycles. The summed E-state index contributed by atoms with van der Waals surface area (Å²) in [5, 5.41) is 16.6. The number of hydrogen-bond donors (Lipinski definition) is 10. The molecular weight excluding hydrogens is 518 g/mol. The van der Waals surface area contributed by atoms with Crippen LogP contribution in [0.25, 0.3) is 0 Å². The van der Waals surface area contributed by atoms with Crippen molar-refractivity contribution in [3.05, 3.63) is 18.2 Å². The van der Waals surface area contributed by atoms with Gasteiger partial charge in [-0.15, -0.1) is 0 Å². The number of aromatic amines is 1. The molecule has 0 fully saturated rings. The largest absolute Gasteiger partial charge is 0.480 e. The summed E-state index contributed by atoms with van der Waals surface area (Å²) >= 11 is 0. The Balaban J connectivity index is 3.06. The van der Waals surface area contributed by atoms with Crippen LogP contribution < -0.4 is 44.6 Å². The van der Waals surface area contributed by atoms with Crippen molar-refractivity contribution in [1.29, 1.82) is 0 Å². The summed E-state index contributed by atoms with van der Waals surface area (Å²) in [5.41, 5.74) is 26.9. The SMILES string of the molecule is NC(=O)CCC(NC(=O)C(CCCN=C(N)N)NC(=O)C(N)CC(N)=O)C(=O)NC(Cc1cnc[nH]1)C(=O)O. The highest BCUT2D eigenvalue weighted by atomic mass is 16.4. The number of nitrogens with zero attached hydrogens (tertiary/aromatic N) is 2. The van der Waals surface area contributed by atoms with E-state index in [1.807, 2.05) is 0 Å². The van der Waals surface area contributed by atoms with E-state index in [0.29, 0.717) is 5.69 Å². The van der Waals surface area contributed by atoms with Crippen LogP contribution >= 0.6 is 0 Å². The molecule has 216 valence electrons. The van der Waals surface area contributed by atoms with Crippen LogP contribution in [-0.4, -0.2) is 87.3 Å². The van der Waals surface area contributed by atoms with Crippen LogP contribution in [0.1, 0.15) is 37.8 Å². The minimum Gasteiger partial charge on any atom is -0.480 e. The number of carbonyl (C=O) groups is 6. The minimum atomic E-state index is -1.40. The van der Waals surface area contributed by atoms with E-state index in [4.69, 9.17) is 28.7 Å². The third kappa shape index (κ3) is 12.9. The highest BCUT2D eigenvalue weighted by Crippen LogP contribution is 2.06. The topological polar surface area (TPSA) is 330 Å². The molecule has 0 aliphatic carbocycles. The number of nitrogens with one attached hydrogen (secondary N) is 4. The van der Waals surface area contributed by atoms with Gasteiger partial charge in [0.25, 0.3) is 0 Å². The van der Waals surface area contributed by atoms with Crippen LogP contribution in [0, 0.1) is 0 Å². The Morgan fingerprint density at radius 3 is 2.00 bits per heavy atom. The molecule has 39 heavy (non-hydrogen) atoms. The average molecular weight is 554 g/mol. The second-order valence-electron chi connectivity index (χ2n) is 8.53. The van der Waals surface area contributed by atoms with Gasteiger partial charge in [0.1, 0.15) is 18.1 Å². The van der Waals surface area contributed by atoms with E-state index < -0.39 is 66.1 Å². The summed E-state index contributed by atoms with van der Waals surface area (Å²) in [4.78, 5) is 83.0. The summed E-state index contributed by atoms with van der Waals surface area (Å²) in [6.07, 6.45) is 1.71. The lowest BCUT2D eigenvalue weighted by Gasteiger charge is -2.25. The van der Waals surface area contributed by atoms with Crippen molar-refractivity contribution in [3.63, 3.8) is 0 Å². The molecule has 0 bridgehead atoms. The number of rotatable bonds is 18. The van der Waals surface area contributed by atoms with Gasteiger partial charge in [-0.1, -0.05) is 0 Å². The number of aromatic nitrogens is 2. The number of amides is 5. The lowest BCUT2D eigenvalue weighted by atomic mass is 10.1. The summed E-state index contributed by atoms with van der Waals surface area (Å²) in [6, 6.07) is -5.41. The monoisotopic (exact) mass is 553 g/mol. The number of carboxylic acid groups (broad SMARTS) is 1. The van der Waals surface area contributed by atoms with Gasteiger partial charge in [-0.2, -0.15) is 0 Å². The van der Waals surface area contributed by atoms with E-state index in [2.05, 4.69) is 30.9 Å². The number of primary amides is 2. The third-order valence-corrected chi connectivity index (χ3v) is 5.24. The fraction of sp³-hybridized carbons (Fsp3) is 0.524. The Morgan fingerprint density at radius 1 is 0.897 bits per heavy atom. The molecule has 4 unspecified atom stereocenters. The van der Waals surface area contributed by atoms with E-state index in [9.17, 15) is 33.9 Å². The average Bonchev–Trinajstić information content (AvgIpc) is 3.35. The molecule has 18 heteroatoms. The Bertz CT molecular complexity index is 1040. The summed E-state index contributed by atoms with van der Waals surface area (Å²) in [6.45, 7) is 0.106. The van der Waals surface area contributed by atoms with Crippen LogP contribution in [0.4, 0.5) is 0 Å². The van der Waals surface area contributed by atoms with Crippen molar-refractivity contribution in [1.82, 2.24) is 25.9 Å². The quantitative estimate of drug-likeness (QED) is 0.0466.